The number of nitrogens with one attached hydrogen (secondary N) is 2. The normalized spacial score (nSPS) is 19.3. The summed E-state index contributed by atoms with van der Waals surface area (Å²) in [6, 6.07) is 1.24. The van der Waals surface area contributed by atoms with Crippen LogP contribution in [0.2, 0.25) is 5.15 Å². The number of halogens is 6. The van der Waals surface area contributed by atoms with Crippen LogP contribution in [0.25, 0.3) is 5.52 Å². The molecule has 196 valence electrons. The SMILES string of the molecule is Cn1cc(NC(=O)c2ccc3cnc(N[C@@H]4CCCC(F)(F)[C@@H]4N)nn23)c(Cl)n1.O=C(O)C(F)(F)F. The number of hydrogen-bond donors (Lipinski definition) is 4. The highest BCUT2D eigenvalue weighted by Gasteiger charge is 2.45. The van der Waals surface area contributed by atoms with Crippen molar-refractivity contribution in [2.75, 3.05) is 10.6 Å². The molecule has 0 radical (unpaired) electrons. The lowest BCUT2D eigenvalue weighted by molar-refractivity contribution is -0.192. The molecular formula is C19H20ClF5N8O3. The zero-order valence-electron chi connectivity index (χ0n) is 18.4. The minimum Gasteiger partial charge on any atom is -0.475 e. The summed E-state index contributed by atoms with van der Waals surface area (Å²) < 4.78 is 62.4. The number of carboxylic acid groups (broad SMARTS) is 1. The molecule has 2 atom stereocenters. The van der Waals surface area contributed by atoms with Crippen LogP contribution in [0.15, 0.2) is 24.5 Å². The van der Waals surface area contributed by atoms with Crippen LogP contribution in [0.3, 0.4) is 0 Å². The van der Waals surface area contributed by atoms with Gasteiger partial charge in [-0.3, -0.25) is 9.48 Å². The van der Waals surface area contributed by atoms with Crippen LogP contribution in [0.5, 0.6) is 0 Å². The van der Waals surface area contributed by atoms with Gasteiger partial charge in [-0.05, 0) is 25.0 Å². The minimum atomic E-state index is -5.08. The number of carbonyl (C=O) groups is 2. The molecule has 1 saturated carbocycles. The van der Waals surface area contributed by atoms with E-state index in [1.807, 2.05) is 0 Å². The highest BCUT2D eigenvalue weighted by Crippen LogP contribution is 2.33. The Morgan fingerprint density at radius 2 is 1.94 bits per heavy atom. The maximum absolute atomic E-state index is 13.9. The number of nitrogens with two attached hydrogens (primary N) is 1. The number of amides is 1. The fourth-order valence-corrected chi connectivity index (χ4v) is 3.61. The molecule has 3 aromatic rings. The topological polar surface area (TPSA) is 152 Å². The Kier molecular flexibility index (Phi) is 7.68. The molecule has 0 unspecified atom stereocenters. The van der Waals surface area contributed by atoms with Crippen molar-refractivity contribution in [2.45, 2.75) is 43.4 Å². The van der Waals surface area contributed by atoms with E-state index in [1.165, 1.54) is 15.4 Å². The number of hydrogen-bond acceptors (Lipinski definition) is 7. The van der Waals surface area contributed by atoms with Crippen LogP contribution in [-0.4, -0.2) is 65.5 Å². The van der Waals surface area contributed by atoms with E-state index in [-0.39, 0.29) is 23.2 Å². The van der Waals surface area contributed by atoms with Crippen LogP contribution in [0, 0.1) is 0 Å². The summed E-state index contributed by atoms with van der Waals surface area (Å²) in [6.07, 6.45) is -1.41. The van der Waals surface area contributed by atoms with E-state index in [0.29, 0.717) is 24.0 Å². The Balaban J connectivity index is 0.000000454. The van der Waals surface area contributed by atoms with Crippen molar-refractivity contribution < 1.29 is 36.6 Å². The molecule has 0 saturated heterocycles. The van der Waals surface area contributed by atoms with Gasteiger partial charge in [0.1, 0.15) is 5.69 Å². The van der Waals surface area contributed by atoms with Gasteiger partial charge < -0.3 is 21.5 Å². The average molecular weight is 539 g/mol. The summed E-state index contributed by atoms with van der Waals surface area (Å²) in [5.41, 5.74) is 6.87. The predicted octanol–water partition coefficient (Wildman–Crippen LogP) is 2.93. The summed E-state index contributed by atoms with van der Waals surface area (Å²) in [4.78, 5) is 25.7. The van der Waals surface area contributed by atoms with E-state index < -0.39 is 36.1 Å². The molecule has 3 heterocycles. The van der Waals surface area contributed by atoms with Crippen molar-refractivity contribution in [1.82, 2.24) is 24.4 Å². The van der Waals surface area contributed by atoms with Gasteiger partial charge in [0.15, 0.2) is 5.15 Å². The lowest BCUT2D eigenvalue weighted by Crippen LogP contribution is -2.55. The molecule has 1 amide bonds. The molecule has 36 heavy (non-hydrogen) atoms. The van der Waals surface area contributed by atoms with E-state index in [4.69, 9.17) is 27.2 Å². The molecule has 3 aromatic heterocycles. The predicted molar refractivity (Wildman–Crippen MR) is 117 cm³/mol. The zero-order valence-corrected chi connectivity index (χ0v) is 19.2. The molecule has 0 aromatic carbocycles. The van der Waals surface area contributed by atoms with Gasteiger partial charge in [-0.25, -0.2) is 23.1 Å². The number of carbonyl (C=O) groups excluding carboxylic acids is 1. The first-order valence-electron chi connectivity index (χ1n) is 10.2. The van der Waals surface area contributed by atoms with Crippen molar-refractivity contribution in [3.63, 3.8) is 0 Å². The van der Waals surface area contributed by atoms with E-state index in [1.54, 1.807) is 25.4 Å². The third-order valence-corrected chi connectivity index (χ3v) is 5.45. The molecular weight excluding hydrogens is 519 g/mol. The number of anilines is 2. The fraction of sp³-hybridized carbons (Fsp3) is 0.421. The van der Waals surface area contributed by atoms with E-state index in [9.17, 15) is 26.7 Å². The number of rotatable bonds is 4. The first kappa shape index (κ1) is 27.1. The number of nitrogens with zero attached hydrogens (tertiary/aromatic N) is 5. The second kappa shape index (κ2) is 10.2. The molecule has 5 N–H and O–H groups in total. The molecule has 11 nitrogen and oxygen atoms in total. The van der Waals surface area contributed by atoms with Gasteiger partial charge in [-0.2, -0.15) is 18.3 Å². The van der Waals surface area contributed by atoms with E-state index in [0.717, 1.165) is 0 Å². The average Bonchev–Trinajstić information content (AvgIpc) is 3.33. The summed E-state index contributed by atoms with van der Waals surface area (Å²) in [7, 11) is 1.68. The number of carboxylic acids is 1. The van der Waals surface area contributed by atoms with Crippen molar-refractivity contribution in [2.24, 2.45) is 12.8 Å². The number of aliphatic carboxylic acids is 1. The van der Waals surface area contributed by atoms with Crippen molar-refractivity contribution in [3.05, 3.63) is 35.4 Å². The molecule has 0 spiro atoms. The van der Waals surface area contributed by atoms with Crippen molar-refractivity contribution >= 4 is 40.6 Å². The standard InChI is InChI=1S/C17H19ClF2N8O.C2HF3O2/c1-27-8-11(14(18)25-27)23-15(29)12-5-4-9-7-22-16(26-28(9)12)24-10-3-2-6-17(19,20)13(10)21;3-2(4,5)1(6)7/h4-5,7-8,10,13H,2-3,6,21H2,1H3,(H,23,29)(H,24,26);(H,6,7)/t10-,13-;/m1./s1. The van der Waals surface area contributed by atoms with Gasteiger partial charge in [-0.15, -0.1) is 5.10 Å². The monoisotopic (exact) mass is 538 g/mol. The Morgan fingerprint density at radius 3 is 2.53 bits per heavy atom. The number of alkyl halides is 5. The third-order valence-electron chi connectivity index (χ3n) is 5.17. The highest BCUT2D eigenvalue weighted by atomic mass is 35.5. The zero-order chi connectivity index (χ0) is 26.8. The number of aromatic nitrogens is 5. The Labute approximate surface area is 204 Å². The Hall–Kier alpha value is -3.53. The van der Waals surface area contributed by atoms with Crippen molar-refractivity contribution in [1.29, 1.82) is 0 Å². The Bertz CT molecular complexity index is 1260. The summed E-state index contributed by atoms with van der Waals surface area (Å²) in [6.45, 7) is 0. The summed E-state index contributed by atoms with van der Waals surface area (Å²) in [5, 5.41) is 21.1. The Morgan fingerprint density at radius 1 is 1.28 bits per heavy atom. The largest absolute Gasteiger partial charge is 0.490 e. The number of fused-ring (bicyclic) bond motifs is 1. The van der Waals surface area contributed by atoms with Gasteiger partial charge in [0.05, 0.1) is 29.5 Å². The summed E-state index contributed by atoms with van der Waals surface area (Å²) in [5.74, 6) is -6.04. The minimum absolute atomic E-state index is 0.111. The third kappa shape index (κ3) is 6.17. The second-order valence-corrected chi connectivity index (χ2v) is 8.19. The first-order valence-corrected chi connectivity index (χ1v) is 10.6. The molecule has 4 rings (SSSR count). The maximum Gasteiger partial charge on any atom is 0.490 e. The molecule has 0 bridgehead atoms. The first-order chi connectivity index (χ1) is 16.7. The molecule has 17 heteroatoms. The van der Waals surface area contributed by atoms with Gasteiger partial charge >= 0.3 is 12.1 Å². The van der Waals surface area contributed by atoms with Gasteiger partial charge in [0.2, 0.25) is 5.95 Å². The maximum atomic E-state index is 13.9. The second-order valence-electron chi connectivity index (χ2n) is 7.83. The van der Waals surface area contributed by atoms with Crippen LogP contribution < -0.4 is 16.4 Å². The van der Waals surface area contributed by atoms with Crippen LogP contribution in [0.1, 0.15) is 29.8 Å². The van der Waals surface area contributed by atoms with E-state index in [2.05, 4.69) is 25.8 Å². The van der Waals surface area contributed by atoms with Gasteiger partial charge in [-0.1, -0.05) is 11.6 Å². The lowest BCUT2D eigenvalue weighted by atomic mass is 9.87. The van der Waals surface area contributed by atoms with E-state index >= 15 is 0 Å². The van der Waals surface area contributed by atoms with Crippen LogP contribution in [0.4, 0.5) is 33.6 Å². The van der Waals surface area contributed by atoms with Gasteiger partial charge in [0.25, 0.3) is 11.8 Å². The molecule has 0 aliphatic heterocycles. The number of aryl methyl sites for hydroxylation is 1. The van der Waals surface area contributed by atoms with Crippen LogP contribution in [-0.2, 0) is 11.8 Å². The van der Waals surface area contributed by atoms with Crippen LogP contribution >= 0.6 is 11.6 Å². The summed E-state index contributed by atoms with van der Waals surface area (Å²) >= 11 is 5.98. The smallest absolute Gasteiger partial charge is 0.475 e. The fourth-order valence-electron chi connectivity index (χ4n) is 3.40. The molecule has 1 aliphatic rings. The van der Waals surface area contributed by atoms with Crippen molar-refractivity contribution in [3.8, 4) is 0 Å². The molecule has 1 fully saturated rings. The molecule has 1 aliphatic carbocycles. The van der Waals surface area contributed by atoms with Gasteiger partial charge in [0, 0.05) is 19.7 Å². The lowest BCUT2D eigenvalue weighted by Gasteiger charge is -2.35. The quantitative estimate of drug-likeness (QED) is 0.370. The highest BCUT2D eigenvalue weighted by molar-refractivity contribution is 6.32.